The van der Waals surface area contributed by atoms with Gasteiger partial charge in [0, 0.05) is 50.6 Å². The minimum Gasteiger partial charge on any atom is -0.493 e. The van der Waals surface area contributed by atoms with E-state index in [2.05, 4.69) is 28.4 Å². The van der Waals surface area contributed by atoms with Crippen LogP contribution in [0.25, 0.3) is 0 Å². The summed E-state index contributed by atoms with van der Waals surface area (Å²) in [4.78, 5) is 16.1. The predicted molar refractivity (Wildman–Crippen MR) is 151 cm³/mol. The molecule has 1 N–H and O–H groups in total. The highest BCUT2D eigenvalue weighted by Crippen LogP contribution is 2.34. The van der Waals surface area contributed by atoms with Crippen molar-refractivity contribution in [3.63, 3.8) is 0 Å². The standard InChI is InChI=1S/C31H35N3O5S/c35-31(32-29-12-15-39-30-18-23(10-11-28(29)30)21-33-13-16-38-17-14-33)20-26-19-24-6-4-5-7-25(24)22-34(26)40(36,37)27-8-2-1-3-9-27/h1-11,18,26,29H,12-17,19-22H2,(H,32,35). The molecule has 6 rings (SSSR count). The van der Waals surface area contributed by atoms with Crippen LogP contribution >= 0.6 is 0 Å². The fourth-order valence-corrected chi connectivity index (χ4v) is 7.54. The first-order valence-corrected chi connectivity index (χ1v) is 15.4. The second-order valence-electron chi connectivity index (χ2n) is 10.7. The number of morpholine rings is 1. The Morgan fingerprint density at radius 3 is 2.48 bits per heavy atom. The first-order chi connectivity index (χ1) is 19.5. The fourth-order valence-electron chi connectivity index (χ4n) is 5.91. The summed E-state index contributed by atoms with van der Waals surface area (Å²) in [6, 6.07) is 21.9. The molecule has 0 bridgehead atoms. The number of hydrogen-bond donors (Lipinski definition) is 1. The summed E-state index contributed by atoms with van der Waals surface area (Å²) < 4.78 is 40.3. The normalized spacial score (nSPS) is 21.6. The van der Waals surface area contributed by atoms with E-state index >= 15 is 0 Å². The van der Waals surface area contributed by atoms with Crippen LogP contribution in [0.4, 0.5) is 0 Å². The van der Waals surface area contributed by atoms with Crippen molar-refractivity contribution in [2.75, 3.05) is 32.9 Å². The van der Waals surface area contributed by atoms with Gasteiger partial charge in [0.05, 0.1) is 30.8 Å². The third-order valence-corrected chi connectivity index (χ3v) is 9.95. The van der Waals surface area contributed by atoms with Crippen molar-refractivity contribution < 1.29 is 22.7 Å². The van der Waals surface area contributed by atoms with E-state index in [1.807, 2.05) is 24.3 Å². The maximum absolute atomic E-state index is 13.7. The van der Waals surface area contributed by atoms with Gasteiger partial charge in [-0.05, 0) is 41.3 Å². The van der Waals surface area contributed by atoms with E-state index in [0.717, 1.165) is 55.3 Å². The molecule has 0 aromatic heterocycles. The third kappa shape index (κ3) is 5.78. The van der Waals surface area contributed by atoms with Crippen LogP contribution in [0, 0.1) is 0 Å². The molecule has 9 heteroatoms. The molecule has 3 aliphatic rings. The number of hydrogen-bond acceptors (Lipinski definition) is 6. The lowest BCUT2D eigenvalue weighted by molar-refractivity contribution is -0.123. The molecule has 1 saturated heterocycles. The molecular formula is C31H35N3O5S. The summed E-state index contributed by atoms with van der Waals surface area (Å²) in [7, 11) is -3.78. The summed E-state index contributed by atoms with van der Waals surface area (Å²) in [5.74, 6) is 0.648. The van der Waals surface area contributed by atoms with E-state index < -0.39 is 16.1 Å². The summed E-state index contributed by atoms with van der Waals surface area (Å²) in [6.07, 6.45) is 1.24. The van der Waals surface area contributed by atoms with Gasteiger partial charge in [0.25, 0.3) is 0 Å². The van der Waals surface area contributed by atoms with Crippen molar-refractivity contribution in [1.82, 2.24) is 14.5 Å². The van der Waals surface area contributed by atoms with Crippen molar-refractivity contribution in [3.8, 4) is 5.75 Å². The number of ether oxygens (including phenoxy) is 2. The Hall–Kier alpha value is -3.24. The van der Waals surface area contributed by atoms with E-state index in [4.69, 9.17) is 9.47 Å². The van der Waals surface area contributed by atoms with Gasteiger partial charge >= 0.3 is 0 Å². The second-order valence-corrected chi connectivity index (χ2v) is 12.6. The molecule has 210 valence electrons. The van der Waals surface area contributed by atoms with Crippen molar-refractivity contribution in [3.05, 3.63) is 95.1 Å². The lowest BCUT2D eigenvalue weighted by Crippen LogP contribution is -2.47. The lowest BCUT2D eigenvalue weighted by atomic mass is 9.93. The third-order valence-electron chi connectivity index (χ3n) is 8.04. The molecule has 2 unspecified atom stereocenters. The van der Waals surface area contributed by atoms with E-state index in [1.165, 1.54) is 9.87 Å². The topological polar surface area (TPSA) is 88.2 Å². The zero-order valence-electron chi connectivity index (χ0n) is 22.5. The number of carbonyl (C=O) groups excluding carboxylic acids is 1. The quantitative estimate of drug-likeness (QED) is 0.474. The average Bonchev–Trinajstić information content (AvgIpc) is 2.98. The van der Waals surface area contributed by atoms with E-state index in [1.54, 1.807) is 30.3 Å². The maximum Gasteiger partial charge on any atom is 0.243 e. The minimum atomic E-state index is -3.78. The zero-order valence-corrected chi connectivity index (χ0v) is 23.3. The van der Waals surface area contributed by atoms with E-state index in [9.17, 15) is 13.2 Å². The SMILES string of the molecule is O=C(CC1Cc2ccccc2CN1S(=O)(=O)c1ccccc1)NC1CCOc2cc(CN3CCOCC3)ccc21. The number of nitrogens with one attached hydrogen (secondary N) is 1. The summed E-state index contributed by atoms with van der Waals surface area (Å²) in [5, 5.41) is 3.19. The van der Waals surface area contributed by atoms with Gasteiger partial charge in [0.2, 0.25) is 15.9 Å². The Morgan fingerprint density at radius 1 is 0.925 bits per heavy atom. The number of amides is 1. The van der Waals surface area contributed by atoms with Gasteiger partial charge in [-0.15, -0.1) is 0 Å². The molecule has 1 amide bonds. The average molecular weight is 562 g/mol. The Kier molecular flexibility index (Phi) is 7.89. The minimum absolute atomic E-state index is 0.0855. The van der Waals surface area contributed by atoms with Crippen LogP contribution in [-0.4, -0.2) is 62.5 Å². The van der Waals surface area contributed by atoms with Gasteiger partial charge < -0.3 is 14.8 Å². The largest absolute Gasteiger partial charge is 0.493 e. The predicted octanol–water partition coefficient (Wildman–Crippen LogP) is 3.66. The van der Waals surface area contributed by atoms with Crippen LogP contribution in [0.5, 0.6) is 5.75 Å². The number of fused-ring (bicyclic) bond motifs is 2. The molecule has 0 radical (unpaired) electrons. The zero-order chi connectivity index (χ0) is 27.5. The fraction of sp³-hybridized carbons (Fsp3) is 0.387. The maximum atomic E-state index is 13.7. The van der Waals surface area contributed by atoms with Crippen molar-refractivity contribution in [1.29, 1.82) is 0 Å². The molecule has 1 fully saturated rings. The highest BCUT2D eigenvalue weighted by molar-refractivity contribution is 7.89. The summed E-state index contributed by atoms with van der Waals surface area (Å²) >= 11 is 0. The highest BCUT2D eigenvalue weighted by Gasteiger charge is 2.37. The molecule has 0 spiro atoms. The van der Waals surface area contributed by atoms with Gasteiger partial charge in [0.15, 0.2) is 0 Å². The first kappa shape index (κ1) is 27.0. The van der Waals surface area contributed by atoms with Gasteiger partial charge in [-0.2, -0.15) is 4.31 Å². The summed E-state index contributed by atoms with van der Waals surface area (Å²) in [5.41, 5.74) is 4.21. The molecule has 3 heterocycles. The Labute approximate surface area is 235 Å². The number of nitrogens with zero attached hydrogens (tertiary/aromatic N) is 2. The number of sulfonamides is 1. The van der Waals surface area contributed by atoms with Gasteiger partial charge in [-0.1, -0.05) is 54.6 Å². The molecule has 8 nitrogen and oxygen atoms in total. The molecule has 3 aromatic carbocycles. The van der Waals surface area contributed by atoms with Crippen molar-refractivity contribution >= 4 is 15.9 Å². The Bertz CT molecular complexity index is 1460. The number of rotatable bonds is 7. The van der Waals surface area contributed by atoms with Gasteiger partial charge in [-0.3, -0.25) is 9.69 Å². The number of benzene rings is 3. The van der Waals surface area contributed by atoms with Crippen molar-refractivity contribution in [2.24, 2.45) is 0 Å². The molecule has 3 aromatic rings. The van der Waals surface area contributed by atoms with Crippen LogP contribution in [0.15, 0.2) is 77.7 Å². The summed E-state index contributed by atoms with van der Waals surface area (Å²) in [6.45, 7) is 4.95. The van der Waals surface area contributed by atoms with Gasteiger partial charge in [0.1, 0.15) is 5.75 Å². The number of carbonyl (C=O) groups is 1. The lowest BCUT2D eigenvalue weighted by Gasteiger charge is -2.36. The van der Waals surface area contributed by atoms with Gasteiger partial charge in [-0.25, -0.2) is 8.42 Å². The molecular weight excluding hydrogens is 526 g/mol. The van der Waals surface area contributed by atoms with Crippen LogP contribution < -0.4 is 10.1 Å². The molecule has 0 saturated carbocycles. The van der Waals surface area contributed by atoms with E-state index in [0.29, 0.717) is 19.4 Å². The Balaban J connectivity index is 1.18. The second kappa shape index (κ2) is 11.7. The van der Waals surface area contributed by atoms with Crippen LogP contribution in [0.3, 0.4) is 0 Å². The smallest absolute Gasteiger partial charge is 0.243 e. The first-order valence-electron chi connectivity index (χ1n) is 14.0. The molecule has 0 aliphatic carbocycles. The van der Waals surface area contributed by atoms with E-state index in [-0.39, 0.29) is 29.8 Å². The van der Waals surface area contributed by atoms with Crippen LogP contribution in [0.1, 0.15) is 41.1 Å². The van der Waals surface area contributed by atoms with Crippen LogP contribution in [-0.2, 0) is 39.1 Å². The highest BCUT2D eigenvalue weighted by atomic mass is 32.2. The molecule has 3 aliphatic heterocycles. The van der Waals surface area contributed by atoms with Crippen LogP contribution in [0.2, 0.25) is 0 Å². The molecule has 40 heavy (non-hydrogen) atoms. The Morgan fingerprint density at radius 2 is 1.68 bits per heavy atom. The molecule has 2 atom stereocenters. The monoisotopic (exact) mass is 561 g/mol. The van der Waals surface area contributed by atoms with Crippen molar-refractivity contribution in [2.45, 2.75) is 49.3 Å².